The van der Waals surface area contributed by atoms with Crippen LogP contribution in [0.25, 0.3) is 0 Å². The summed E-state index contributed by atoms with van der Waals surface area (Å²) in [6, 6.07) is 15.1. The number of carbonyl (C=O) groups is 1. The van der Waals surface area contributed by atoms with Crippen LogP contribution < -0.4 is 10.1 Å². The van der Waals surface area contributed by atoms with E-state index in [2.05, 4.69) is 10.1 Å². The maximum Gasteiger partial charge on any atom is 0.387 e. The minimum atomic E-state index is -2.95. The van der Waals surface area contributed by atoms with Crippen molar-refractivity contribution in [1.29, 1.82) is 0 Å². The van der Waals surface area contributed by atoms with Crippen LogP contribution >= 0.6 is 0 Å². The predicted octanol–water partition coefficient (Wildman–Crippen LogP) is 2.94. The summed E-state index contributed by atoms with van der Waals surface area (Å²) in [4.78, 5) is 12.2. The van der Waals surface area contributed by atoms with Crippen LogP contribution in [0, 0.1) is 0 Å². The summed E-state index contributed by atoms with van der Waals surface area (Å²) >= 11 is 0. The Morgan fingerprint density at radius 2 is 1.76 bits per heavy atom. The first kappa shape index (κ1) is 18.9. The second-order valence-electron chi connectivity index (χ2n) is 5.78. The predicted molar refractivity (Wildman–Crippen MR) is 90.5 cm³/mol. The van der Waals surface area contributed by atoms with Crippen LogP contribution in [0.2, 0.25) is 0 Å². The molecule has 0 saturated heterocycles. The van der Waals surface area contributed by atoms with Gasteiger partial charge in [0.15, 0.2) is 0 Å². The third kappa shape index (κ3) is 6.15. The molecule has 0 aliphatic carbocycles. The Kier molecular flexibility index (Phi) is 6.89. The highest BCUT2D eigenvalue weighted by atomic mass is 19.3. The molecule has 2 unspecified atom stereocenters. The van der Waals surface area contributed by atoms with Gasteiger partial charge in [-0.3, -0.25) is 4.79 Å². The van der Waals surface area contributed by atoms with Gasteiger partial charge in [-0.05, 0) is 18.6 Å². The molecule has 0 spiro atoms. The van der Waals surface area contributed by atoms with Crippen LogP contribution in [0.5, 0.6) is 5.75 Å². The van der Waals surface area contributed by atoms with Crippen molar-refractivity contribution in [2.75, 3.05) is 0 Å². The summed E-state index contributed by atoms with van der Waals surface area (Å²) in [5.41, 5.74) is 1.33. The lowest BCUT2D eigenvalue weighted by atomic mass is 10.0. The number of nitrogens with one attached hydrogen (secondary N) is 1. The topological polar surface area (TPSA) is 58.6 Å². The standard InChI is InChI=1S/C19H21F2NO3/c1-13(16(23)11-14-7-3-2-4-8-14)22-18(24)12-15-9-5-6-10-17(15)25-19(20)21/h2-10,13,16,19,23H,11-12H2,1H3,(H,22,24). The number of benzene rings is 2. The highest BCUT2D eigenvalue weighted by molar-refractivity contribution is 5.79. The third-order valence-corrected chi connectivity index (χ3v) is 3.79. The Hall–Kier alpha value is -2.47. The lowest BCUT2D eigenvalue weighted by Gasteiger charge is -2.21. The zero-order valence-corrected chi connectivity index (χ0v) is 13.9. The van der Waals surface area contributed by atoms with E-state index in [0.29, 0.717) is 12.0 Å². The summed E-state index contributed by atoms with van der Waals surface area (Å²) in [5, 5.41) is 12.9. The van der Waals surface area contributed by atoms with E-state index in [1.807, 2.05) is 30.3 Å². The number of alkyl halides is 2. The Morgan fingerprint density at radius 1 is 1.12 bits per heavy atom. The highest BCUT2D eigenvalue weighted by Gasteiger charge is 2.18. The van der Waals surface area contributed by atoms with Gasteiger partial charge in [-0.2, -0.15) is 8.78 Å². The quantitative estimate of drug-likeness (QED) is 0.770. The van der Waals surface area contributed by atoms with Gasteiger partial charge >= 0.3 is 6.61 Å². The summed E-state index contributed by atoms with van der Waals surface area (Å²) in [6.07, 6.45) is -0.447. The second kappa shape index (κ2) is 9.13. The smallest absolute Gasteiger partial charge is 0.387 e. The van der Waals surface area contributed by atoms with E-state index in [0.717, 1.165) is 5.56 Å². The molecular formula is C19H21F2NO3. The Bertz CT molecular complexity index is 679. The van der Waals surface area contributed by atoms with Crippen molar-refractivity contribution in [3.63, 3.8) is 0 Å². The molecule has 0 aromatic heterocycles. The lowest BCUT2D eigenvalue weighted by Crippen LogP contribution is -2.42. The fourth-order valence-electron chi connectivity index (χ4n) is 2.47. The number of aliphatic hydroxyl groups is 1. The first-order valence-corrected chi connectivity index (χ1v) is 7.99. The van der Waals surface area contributed by atoms with E-state index < -0.39 is 18.8 Å². The van der Waals surface area contributed by atoms with Gasteiger partial charge in [-0.25, -0.2) is 0 Å². The fourth-order valence-corrected chi connectivity index (χ4v) is 2.47. The number of aliphatic hydroxyl groups excluding tert-OH is 1. The number of amides is 1. The first-order chi connectivity index (χ1) is 12.0. The van der Waals surface area contributed by atoms with Gasteiger partial charge in [0.1, 0.15) is 5.75 Å². The van der Waals surface area contributed by atoms with Crippen LogP contribution in [-0.2, 0) is 17.6 Å². The largest absolute Gasteiger partial charge is 0.435 e. The number of hydrogen-bond donors (Lipinski definition) is 2. The molecule has 1 amide bonds. The van der Waals surface area contributed by atoms with Crippen molar-refractivity contribution in [1.82, 2.24) is 5.32 Å². The maximum absolute atomic E-state index is 12.4. The van der Waals surface area contributed by atoms with E-state index in [9.17, 15) is 18.7 Å². The van der Waals surface area contributed by atoms with Crippen molar-refractivity contribution in [3.8, 4) is 5.75 Å². The third-order valence-electron chi connectivity index (χ3n) is 3.79. The number of rotatable bonds is 8. The summed E-state index contributed by atoms with van der Waals surface area (Å²) in [6.45, 7) is -1.25. The van der Waals surface area contributed by atoms with Crippen LogP contribution in [0.1, 0.15) is 18.1 Å². The van der Waals surface area contributed by atoms with Gasteiger partial charge in [-0.15, -0.1) is 0 Å². The van der Waals surface area contributed by atoms with Crippen LogP contribution in [0.3, 0.4) is 0 Å². The van der Waals surface area contributed by atoms with Gasteiger partial charge in [0, 0.05) is 12.0 Å². The molecule has 6 heteroatoms. The van der Waals surface area contributed by atoms with Crippen molar-refractivity contribution in [2.24, 2.45) is 0 Å². The van der Waals surface area contributed by atoms with Crippen LogP contribution in [0.4, 0.5) is 8.78 Å². The molecule has 0 radical (unpaired) electrons. The van der Waals surface area contributed by atoms with Crippen LogP contribution in [-0.4, -0.2) is 29.8 Å². The molecule has 4 nitrogen and oxygen atoms in total. The van der Waals surface area contributed by atoms with Gasteiger partial charge < -0.3 is 15.2 Å². The van der Waals surface area contributed by atoms with Gasteiger partial charge in [0.05, 0.1) is 18.6 Å². The van der Waals surface area contributed by atoms with Gasteiger partial charge in [-0.1, -0.05) is 48.5 Å². The number of ether oxygens (including phenoxy) is 1. The molecule has 25 heavy (non-hydrogen) atoms. The van der Waals surface area contributed by atoms with Gasteiger partial charge in [0.25, 0.3) is 0 Å². The molecule has 0 aliphatic rings. The van der Waals surface area contributed by atoms with E-state index in [4.69, 9.17) is 0 Å². The molecule has 2 N–H and O–H groups in total. The molecule has 2 aromatic rings. The average molecular weight is 349 g/mol. The summed E-state index contributed by atoms with van der Waals surface area (Å²) < 4.78 is 29.2. The van der Waals surface area contributed by atoms with Crippen molar-refractivity contribution in [3.05, 3.63) is 65.7 Å². The van der Waals surface area contributed by atoms with Crippen molar-refractivity contribution in [2.45, 2.75) is 38.5 Å². The van der Waals surface area contributed by atoms with E-state index >= 15 is 0 Å². The monoisotopic (exact) mass is 349 g/mol. The molecule has 0 heterocycles. The molecule has 2 aromatic carbocycles. The minimum absolute atomic E-state index is 0.0230. The number of halogens is 2. The normalized spacial score (nSPS) is 13.3. The second-order valence-corrected chi connectivity index (χ2v) is 5.78. The number of hydrogen-bond acceptors (Lipinski definition) is 3. The van der Waals surface area contributed by atoms with E-state index in [1.54, 1.807) is 25.1 Å². The maximum atomic E-state index is 12.4. The molecule has 134 valence electrons. The Labute approximate surface area is 145 Å². The molecule has 0 saturated carbocycles. The molecular weight excluding hydrogens is 328 g/mol. The van der Waals surface area contributed by atoms with E-state index in [-0.39, 0.29) is 18.1 Å². The average Bonchev–Trinajstić information content (AvgIpc) is 2.57. The highest BCUT2D eigenvalue weighted by Crippen LogP contribution is 2.20. The first-order valence-electron chi connectivity index (χ1n) is 7.99. The van der Waals surface area contributed by atoms with Gasteiger partial charge in [0.2, 0.25) is 5.91 Å². The Morgan fingerprint density at radius 3 is 2.44 bits per heavy atom. The summed E-state index contributed by atoms with van der Waals surface area (Å²) in [5.74, 6) is -0.393. The van der Waals surface area contributed by atoms with Crippen LogP contribution in [0.15, 0.2) is 54.6 Å². The molecule has 2 rings (SSSR count). The number of para-hydroxylation sites is 1. The fraction of sp³-hybridized carbons (Fsp3) is 0.316. The van der Waals surface area contributed by atoms with Crippen molar-refractivity contribution >= 4 is 5.91 Å². The molecule has 0 aliphatic heterocycles. The zero-order chi connectivity index (χ0) is 18.2. The van der Waals surface area contributed by atoms with Crippen molar-refractivity contribution < 1.29 is 23.4 Å². The minimum Gasteiger partial charge on any atom is -0.435 e. The lowest BCUT2D eigenvalue weighted by molar-refractivity contribution is -0.122. The molecule has 2 atom stereocenters. The SMILES string of the molecule is CC(NC(=O)Cc1ccccc1OC(F)F)C(O)Cc1ccccc1. The summed E-state index contributed by atoms with van der Waals surface area (Å²) in [7, 11) is 0. The number of carbonyl (C=O) groups excluding carboxylic acids is 1. The zero-order valence-electron chi connectivity index (χ0n) is 13.9. The molecule has 0 bridgehead atoms. The van der Waals surface area contributed by atoms with E-state index in [1.165, 1.54) is 6.07 Å². The molecule has 0 fully saturated rings. The Balaban J connectivity index is 1.91.